The van der Waals surface area contributed by atoms with Crippen molar-refractivity contribution in [1.29, 1.82) is 0 Å². The zero-order chi connectivity index (χ0) is 18.7. The Labute approximate surface area is 165 Å². The Bertz CT molecular complexity index is 860. The summed E-state index contributed by atoms with van der Waals surface area (Å²) in [5.74, 6) is 1.13. The zero-order valence-corrected chi connectivity index (χ0v) is 16.6. The third kappa shape index (κ3) is 1.75. The van der Waals surface area contributed by atoms with Crippen LogP contribution in [0.3, 0.4) is 0 Å². The van der Waals surface area contributed by atoms with Gasteiger partial charge in [-0.05, 0) is 62.6 Å². The number of aliphatic hydroxyl groups is 1. The fourth-order valence-corrected chi connectivity index (χ4v) is 7.35. The second kappa shape index (κ2) is 5.12. The maximum atomic E-state index is 12.4. The lowest BCUT2D eigenvalue weighted by Gasteiger charge is -2.65. The molecule has 0 amide bonds. The fraction of sp³-hybridized carbons (Fsp3) is 0.739. The predicted octanol–water partition coefficient (Wildman–Crippen LogP) is 2.30. The lowest BCUT2D eigenvalue weighted by Crippen LogP contribution is -2.79. The van der Waals surface area contributed by atoms with Crippen LogP contribution in [-0.4, -0.2) is 59.8 Å². The van der Waals surface area contributed by atoms with Gasteiger partial charge in [-0.25, -0.2) is 0 Å². The SMILES string of the molecule is Cc1ccc2c3c1OC1C4(CC[C@@]5(O)C(C2)N(CC2CC2)CCC315)OCCO4. The summed E-state index contributed by atoms with van der Waals surface area (Å²) in [6.07, 6.45) is 5.75. The Kier molecular flexibility index (Phi) is 3.04. The molecule has 4 atom stereocenters. The second-order valence-corrected chi connectivity index (χ2v) is 10.1. The third-order valence-corrected chi connectivity index (χ3v) is 8.76. The van der Waals surface area contributed by atoms with Gasteiger partial charge >= 0.3 is 0 Å². The number of likely N-dealkylation sites (tertiary alicyclic amines) is 1. The maximum absolute atomic E-state index is 12.4. The number of ether oxygens (including phenoxy) is 3. The minimum atomic E-state index is -0.766. The molecular weight excluding hydrogens is 354 g/mol. The van der Waals surface area contributed by atoms with E-state index in [1.54, 1.807) is 0 Å². The van der Waals surface area contributed by atoms with E-state index in [1.807, 2.05) is 0 Å². The van der Waals surface area contributed by atoms with Gasteiger partial charge in [0.2, 0.25) is 5.79 Å². The van der Waals surface area contributed by atoms with Crippen molar-refractivity contribution in [3.63, 3.8) is 0 Å². The molecule has 6 aliphatic rings. The van der Waals surface area contributed by atoms with Crippen LogP contribution in [0.2, 0.25) is 0 Å². The number of benzene rings is 1. The van der Waals surface area contributed by atoms with E-state index >= 15 is 0 Å². The number of nitrogens with zero attached hydrogens (tertiary/aromatic N) is 1. The largest absolute Gasteiger partial charge is 0.483 e. The van der Waals surface area contributed by atoms with Crippen molar-refractivity contribution in [2.75, 3.05) is 26.3 Å². The van der Waals surface area contributed by atoms with Crippen LogP contribution < -0.4 is 4.74 Å². The van der Waals surface area contributed by atoms with Gasteiger partial charge in [-0.2, -0.15) is 0 Å². The van der Waals surface area contributed by atoms with Crippen molar-refractivity contribution >= 4 is 0 Å². The standard InChI is InChI=1S/C23H29NO4/c1-14-2-5-16-12-17-22(25)6-7-23(26-10-11-27-23)20-21(22,18(16)19(14)28-20)8-9-24(17)13-15-3-4-15/h2,5,15,17,20,25H,3-4,6-13H2,1H3/t17?,20?,21?,22-/m1/s1. The number of hydrogen-bond donors (Lipinski definition) is 1. The van der Waals surface area contributed by atoms with E-state index in [1.165, 1.54) is 24.0 Å². The number of hydrogen-bond acceptors (Lipinski definition) is 5. The molecule has 3 aliphatic carbocycles. The number of rotatable bonds is 2. The molecule has 1 N–H and O–H groups in total. The van der Waals surface area contributed by atoms with Crippen molar-refractivity contribution in [3.05, 3.63) is 28.8 Å². The molecule has 2 saturated heterocycles. The molecule has 28 heavy (non-hydrogen) atoms. The van der Waals surface area contributed by atoms with Gasteiger partial charge in [0.1, 0.15) is 5.75 Å². The van der Waals surface area contributed by atoms with Gasteiger partial charge in [0.05, 0.1) is 24.2 Å². The van der Waals surface area contributed by atoms with E-state index in [0.717, 1.165) is 49.6 Å². The second-order valence-electron chi connectivity index (χ2n) is 10.1. The summed E-state index contributed by atoms with van der Waals surface area (Å²) < 4.78 is 19.2. The van der Waals surface area contributed by atoms with Crippen LogP contribution in [0.25, 0.3) is 0 Å². The van der Waals surface area contributed by atoms with Gasteiger partial charge in [0.25, 0.3) is 0 Å². The van der Waals surface area contributed by atoms with E-state index in [9.17, 15) is 5.11 Å². The molecule has 1 aromatic rings. The minimum absolute atomic E-state index is 0.174. The van der Waals surface area contributed by atoms with Crippen LogP contribution in [-0.2, 0) is 21.3 Å². The summed E-state index contributed by atoms with van der Waals surface area (Å²) in [5, 5.41) is 12.4. The quantitative estimate of drug-likeness (QED) is 0.849. The lowest BCUT2D eigenvalue weighted by atomic mass is 9.48. The Morgan fingerprint density at radius 1 is 1.14 bits per heavy atom. The molecule has 2 saturated carbocycles. The van der Waals surface area contributed by atoms with Crippen molar-refractivity contribution in [2.24, 2.45) is 5.92 Å². The number of piperidine rings is 1. The highest BCUT2D eigenvalue weighted by Crippen LogP contribution is 2.67. The summed E-state index contributed by atoms with van der Waals surface area (Å²) in [7, 11) is 0. The first-order valence-corrected chi connectivity index (χ1v) is 11.1. The first-order valence-electron chi connectivity index (χ1n) is 11.1. The van der Waals surface area contributed by atoms with Crippen LogP contribution in [0.5, 0.6) is 5.75 Å². The van der Waals surface area contributed by atoms with Gasteiger partial charge in [-0.3, -0.25) is 4.90 Å². The Balaban J connectivity index is 1.45. The molecule has 4 fully saturated rings. The molecule has 0 aromatic heterocycles. The van der Waals surface area contributed by atoms with E-state index in [-0.39, 0.29) is 12.1 Å². The smallest absolute Gasteiger partial charge is 0.207 e. The molecule has 150 valence electrons. The molecule has 2 spiro atoms. The van der Waals surface area contributed by atoms with E-state index in [0.29, 0.717) is 19.6 Å². The first-order chi connectivity index (χ1) is 13.6. The normalized spacial score (nSPS) is 42.5. The van der Waals surface area contributed by atoms with E-state index < -0.39 is 16.8 Å². The van der Waals surface area contributed by atoms with Crippen LogP contribution in [0, 0.1) is 12.8 Å². The average molecular weight is 383 g/mol. The van der Waals surface area contributed by atoms with Crippen molar-refractivity contribution in [3.8, 4) is 5.75 Å². The molecule has 3 heterocycles. The Hall–Kier alpha value is -1.14. The van der Waals surface area contributed by atoms with Gasteiger partial charge in [0, 0.05) is 24.6 Å². The van der Waals surface area contributed by atoms with Crippen molar-refractivity contribution in [1.82, 2.24) is 4.90 Å². The van der Waals surface area contributed by atoms with Gasteiger partial charge in [0.15, 0.2) is 6.10 Å². The van der Waals surface area contributed by atoms with Gasteiger partial charge < -0.3 is 19.3 Å². The van der Waals surface area contributed by atoms with Gasteiger partial charge in [-0.1, -0.05) is 12.1 Å². The minimum Gasteiger partial charge on any atom is -0.483 e. The maximum Gasteiger partial charge on any atom is 0.207 e. The topological polar surface area (TPSA) is 51.2 Å². The van der Waals surface area contributed by atoms with Crippen molar-refractivity contribution in [2.45, 2.75) is 74.4 Å². The van der Waals surface area contributed by atoms with Gasteiger partial charge in [-0.15, -0.1) is 0 Å². The van der Waals surface area contributed by atoms with Crippen LogP contribution in [0.4, 0.5) is 0 Å². The Morgan fingerprint density at radius 3 is 2.75 bits per heavy atom. The summed E-state index contributed by atoms with van der Waals surface area (Å²) >= 11 is 0. The molecule has 3 unspecified atom stereocenters. The molecule has 5 nitrogen and oxygen atoms in total. The predicted molar refractivity (Wildman–Crippen MR) is 102 cm³/mol. The molecule has 0 radical (unpaired) electrons. The molecule has 5 heteroatoms. The highest BCUT2D eigenvalue weighted by molar-refractivity contribution is 5.60. The highest BCUT2D eigenvalue weighted by Gasteiger charge is 2.77. The molecule has 1 aromatic carbocycles. The monoisotopic (exact) mass is 383 g/mol. The molecule has 7 rings (SSSR count). The zero-order valence-electron chi connectivity index (χ0n) is 16.6. The molecular formula is C23H29NO4. The third-order valence-electron chi connectivity index (χ3n) is 8.76. The van der Waals surface area contributed by atoms with Crippen molar-refractivity contribution < 1.29 is 19.3 Å². The number of aryl methyl sites for hydroxylation is 1. The van der Waals surface area contributed by atoms with Crippen LogP contribution in [0.15, 0.2) is 12.1 Å². The first kappa shape index (κ1) is 16.6. The van der Waals surface area contributed by atoms with E-state index in [2.05, 4.69) is 24.0 Å². The number of fused-ring (bicyclic) bond motifs is 1. The molecule has 2 bridgehead atoms. The van der Waals surface area contributed by atoms with Crippen LogP contribution in [0.1, 0.15) is 48.8 Å². The summed E-state index contributed by atoms with van der Waals surface area (Å²) in [4.78, 5) is 2.61. The highest BCUT2D eigenvalue weighted by atomic mass is 16.8. The summed E-state index contributed by atoms with van der Waals surface area (Å²) in [6, 6.07) is 4.65. The summed E-state index contributed by atoms with van der Waals surface area (Å²) in [5.41, 5.74) is 2.64. The average Bonchev–Trinajstić information content (AvgIpc) is 3.23. The Morgan fingerprint density at radius 2 is 1.96 bits per heavy atom. The molecule has 3 aliphatic heterocycles. The summed E-state index contributed by atoms with van der Waals surface area (Å²) in [6.45, 7) is 5.54. The van der Waals surface area contributed by atoms with E-state index in [4.69, 9.17) is 14.2 Å². The fourth-order valence-electron chi connectivity index (χ4n) is 7.35. The lowest BCUT2D eigenvalue weighted by molar-refractivity contribution is -0.296. The van der Waals surface area contributed by atoms with Crippen LogP contribution >= 0.6 is 0 Å².